The summed E-state index contributed by atoms with van der Waals surface area (Å²) in [4.78, 5) is 0. The molecule has 0 aromatic heterocycles. The van der Waals surface area contributed by atoms with Crippen molar-refractivity contribution >= 4 is 0 Å². The first-order chi connectivity index (χ1) is 15.8. The van der Waals surface area contributed by atoms with Gasteiger partial charge in [0.15, 0.2) is 6.29 Å². The van der Waals surface area contributed by atoms with Crippen LogP contribution >= 0.6 is 0 Å². The maximum Gasteiger partial charge on any atom is 0.186 e. The first-order valence-corrected chi connectivity index (χ1v) is 12.1. The zero-order valence-electron chi connectivity index (χ0n) is 21.9. The van der Waals surface area contributed by atoms with Crippen molar-refractivity contribution in [2.24, 2.45) is 23.7 Å². The van der Waals surface area contributed by atoms with Crippen molar-refractivity contribution in [1.29, 1.82) is 0 Å². The lowest BCUT2D eigenvalue weighted by molar-refractivity contribution is -0.295. The summed E-state index contributed by atoms with van der Waals surface area (Å²) in [6, 6.07) is 0. The van der Waals surface area contributed by atoms with Gasteiger partial charge in [-0.1, -0.05) is 39.0 Å². The van der Waals surface area contributed by atoms with Gasteiger partial charge in [-0.25, -0.2) is 0 Å². The molecular formula is C26H46O7. The van der Waals surface area contributed by atoms with Crippen molar-refractivity contribution in [1.82, 2.24) is 0 Å². The van der Waals surface area contributed by atoms with E-state index in [2.05, 4.69) is 26.8 Å². The van der Waals surface area contributed by atoms with Gasteiger partial charge in [-0.05, 0) is 43.1 Å². The zero-order valence-corrected chi connectivity index (χ0v) is 21.9. The predicted molar refractivity (Wildman–Crippen MR) is 128 cm³/mol. The van der Waals surface area contributed by atoms with E-state index in [1.165, 1.54) is 0 Å². The molecule has 0 aromatic rings. The molecule has 2 rings (SSSR count). The monoisotopic (exact) mass is 470 g/mol. The van der Waals surface area contributed by atoms with Crippen LogP contribution in [0.4, 0.5) is 0 Å². The summed E-state index contributed by atoms with van der Waals surface area (Å²) in [5, 5.41) is 10.9. The molecular weight excluding hydrogens is 424 g/mol. The molecule has 0 aromatic carbocycles. The molecule has 2 aliphatic rings. The van der Waals surface area contributed by atoms with E-state index in [0.29, 0.717) is 17.8 Å². The van der Waals surface area contributed by atoms with E-state index in [-0.39, 0.29) is 42.5 Å². The Morgan fingerprint density at radius 3 is 2.12 bits per heavy atom. The van der Waals surface area contributed by atoms with Gasteiger partial charge in [0.2, 0.25) is 0 Å². The summed E-state index contributed by atoms with van der Waals surface area (Å²) < 4.78 is 34.2. The summed E-state index contributed by atoms with van der Waals surface area (Å²) in [6.07, 6.45) is 6.10. The highest BCUT2D eigenvalue weighted by Crippen LogP contribution is 2.49. The number of rotatable bonds is 13. The quantitative estimate of drug-likeness (QED) is 0.412. The largest absolute Gasteiger partial charge is 0.392 e. The van der Waals surface area contributed by atoms with Gasteiger partial charge >= 0.3 is 0 Å². The predicted octanol–water partition coefficient (Wildman–Crippen LogP) is 3.60. The molecule has 11 atom stereocenters. The second-order valence-corrected chi connectivity index (χ2v) is 9.51. The molecule has 1 aliphatic carbocycles. The van der Waals surface area contributed by atoms with E-state index in [9.17, 15) is 5.11 Å². The van der Waals surface area contributed by atoms with Gasteiger partial charge in [0.1, 0.15) is 24.4 Å². The van der Waals surface area contributed by atoms with Crippen LogP contribution in [0.3, 0.4) is 0 Å². The molecule has 0 bridgehead atoms. The third kappa shape index (κ3) is 6.66. The third-order valence-corrected chi connectivity index (χ3v) is 7.60. The molecule has 0 unspecified atom stereocenters. The fourth-order valence-corrected chi connectivity index (χ4v) is 5.38. The number of ether oxygens (including phenoxy) is 6. The zero-order chi connectivity index (χ0) is 24.7. The fourth-order valence-electron chi connectivity index (χ4n) is 5.38. The van der Waals surface area contributed by atoms with Gasteiger partial charge in [-0.2, -0.15) is 0 Å². The van der Waals surface area contributed by atoms with E-state index in [0.717, 1.165) is 18.4 Å². The Morgan fingerprint density at radius 1 is 0.970 bits per heavy atom. The Labute approximate surface area is 200 Å². The van der Waals surface area contributed by atoms with Crippen LogP contribution in [0.25, 0.3) is 0 Å². The van der Waals surface area contributed by atoms with Gasteiger partial charge in [0.25, 0.3) is 0 Å². The lowest BCUT2D eigenvalue weighted by atomic mass is 9.91. The Kier molecular flexibility index (Phi) is 11.5. The second kappa shape index (κ2) is 13.3. The number of methoxy groups -OCH3 is 5. The van der Waals surface area contributed by atoms with Gasteiger partial charge in [0, 0.05) is 41.5 Å². The van der Waals surface area contributed by atoms with Crippen molar-refractivity contribution in [3.05, 3.63) is 23.8 Å². The molecule has 0 radical (unpaired) electrons. The van der Waals surface area contributed by atoms with Crippen LogP contribution in [0.5, 0.6) is 0 Å². The van der Waals surface area contributed by atoms with Crippen LogP contribution in [0.2, 0.25) is 0 Å². The highest BCUT2D eigenvalue weighted by Gasteiger charge is 2.49. The topological polar surface area (TPSA) is 75.6 Å². The summed E-state index contributed by atoms with van der Waals surface area (Å²) in [6.45, 7) is 8.47. The Morgan fingerprint density at radius 2 is 1.61 bits per heavy atom. The lowest BCUT2D eigenvalue weighted by Gasteiger charge is -2.44. The van der Waals surface area contributed by atoms with Crippen LogP contribution in [0, 0.1) is 23.7 Å². The van der Waals surface area contributed by atoms with E-state index >= 15 is 0 Å². The Balaban J connectivity index is 2.02. The van der Waals surface area contributed by atoms with Crippen molar-refractivity contribution in [3.63, 3.8) is 0 Å². The highest BCUT2D eigenvalue weighted by molar-refractivity contribution is 5.19. The molecule has 1 saturated heterocycles. The van der Waals surface area contributed by atoms with Crippen LogP contribution in [-0.2, 0) is 28.4 Å². The molecule has 1 heterocycles. The maximum atomic E-state index is 10.9. The van der Waals surface area contributed by atoms with Gasteiger partial charge in [0.05, 0.1) is 12.2 Å². The first kappa shape index (κ1) is 28.4. The third-order valence-electron chi connectivity index (χ3n) is 7.60. The van der Waals surface area contributed by atoms with Crippen LogP contribution < -0.4 is 0 Å². The minimum Gasteiger partial charge on any atom is -0.392 e. The Hall–Kier alpha value is -0.800. The van der Waals surface area contributed by atoms with E-state index in [1.807, 2.05) is 19.1 Å². The van der Waals surface area contributed by atoms with Crippen LogP contribution in [0.1, 0.15) is 40.5 Å². The SMILES string of the molecule is CC[C@H](OC)[C@@H](C)[C@H]1C[C@@H]1[C@H](O)[C@@H](C)/C=C/C=C(\C)[C@H]1O[C@H](OC)[C@H](OC)[C@@H](OC)[C@@H]1OC. The first-order valence-electron chi connectivity index (χ1n) is 12.1. The van der Waals surface area contributed by atoms with Crippen molar-refractivity contribution in [3.8, 4) is 0 Å². The van der Waals surface area contributed by atoms with E-state index in [1.54, 1.807) is 35.5 Å². The summed E-state index contributed by atoms with van der Waals surface area (Å²) in [5.74, 6) is 1.39. The van der Waals surface area contributed by atoms with E-state index < -0.39 is 6.29 Å². The molecule has 192 valence electrons. The molecule has 1 N–H and O–H groups in total. The number of hydrogen-bond acceptors (Lipinski definition) is 7. The molecule has 33 heavy (non-hydrogen) atoms. The minimum atomic E-state index is -0.558. The van der Waals surface area contributed by atoms with Crippen LogP contribution in [-0.4, -0.2) is 83.6 Å². The molecule has 2 fully saturated rings. The fraction of sp³-hybridized carbons (Fsp3) is 0.846. The summed E-state index contributed by atoms with van der Waals surface area (Å²) in [7, 11) is 8.27. The number of allylic oxidation sites excluding steroid dienone is 2. The number of aliphatic hydroxyl groups excluding tert-OH is 1. The van der Waals surface area contributed by atoms with Gasteiger partial charge in [-0.3, -0.25) is 0 Å². The van der Waals surface area contributed by atoms with Crippen molar-refractivity contribution < 1.29 is 33.5 Å². The number of hydrogen-bond donors (Lipinski definition) is 1. The summed E-state index contributed by atoms with van der Waals surface area (Å²) in [5.41, 5.74) is 0.988. The Bertz CT molecular complexity index is 632. The average Bonchev–Trinajstić information content (AvgIpc) is 3.63. The lowest BCUT2D eigenvalue weighted by Crippen LogP contribution is -2.60. The molecule has 7 heteroatoms. The van der Waals surface area contributed by atoms with Crippen LogP contribution in [0.15, 0.2) is 23.8 Å². The normalized spacial score (nSPS) is 36.5. The molecule has 0 amide bonds. The van der Waals surface area contributed by atoms with Crippen molar-refractivity contribution in [2.45, 2.75) is 83.5 Å². The van der Waals surface area contributed by atoms with Gasteiger partial charge in [-0.15, -0.1) is 0 Å². The average molecular weight is 471 g/mol. The van der Waals surface area contributed by atoms with Crippen molar-refractivity contribution in [2.75, 3.05) is 35.5 Å². The minimum absolute atomic E-state index is 0.0562. The number of aliphatic hydroxyl groups is 1. The molecule has 7 nitrogen and oxygen atoms in total. The second-order valence-electron chi connectivity index (χ2n) is 9.51. The van der Waals surface area contributed by atoms with Gasteiger partial charge < -0.3 is 33.5 Å². The van der Waals surface area contributed by atoms with E-state index in [4.69, 9.17) is 28.4 Å². The molecule has 0 spiro atoms. The molecule has 1 saturated carbocycles. The smallest absolute Gasteiger partial charge is 0.186 e. The standard InChI is InChI=1S/C26H46O7/c1-10-20(28-5)17(4)18-14-19(18)21(27)15(2)12-11-13-16(3)22-23(29-6)24(30-7)25(31-8)26(32-9)33-22/h11-13,15,17-27H,10,14H2,1-9H3/b12-11+,16-13+/t15-,17-,18+,19-,20-,21+,22+,23+,24-,25+,26-/m0/s1. The molecule has 1 aliphatic heterocycles. The summed E-state index contributed by atoms with van der Waals surface area (Å²) >= 11 is 0. The highest BCUT2D eigenvalue weighted by atomic mass is 16.7. The maximum absolute atomic E-state index is 10.9.